The zero-order valence-electron chi connectivity index (χ0n) is 5.59. The molecule has 2 atom stereocenters. The van der Waals surface area contributed by atoms with Gasteiger partial charge in [0.1, 0.15) is 0 Å². The minimum atomic E-state index is 0.751. The topological polar surface area (TPSA) is 0 Å². The molecule has 0 spiro atoms. The van der Waals surface area contributed by atoms with E-state index in [1.165, 1.54) is 6.42 Å². The fourth-order valence-corrected chi connectivity index (χ4v) is 0.949. The summed E-state index contributed by atoms with van der Waals surface area (Å²) in [6.07, 6.45) is 9.33. The summed E-state index contributed by atoms with van der Waals surface area (Å²) in [7, 11) is 0. The van der Waals surface area contributed by atoms with Crippen LogP contribution in [0.2, 0.25) is 0 Å². The predicted octanol–water partition coefficient (Wildman–Crippen LogP) is 2.55. The Bertz CT molecular complexity index is 142. The zero-order chi connectivity index (χ0) is 6.69. The average Bonchev–Trinajstić information content (AvgIpc) is 2.62. The van der Waals surface area contributed by atoms with Crippen LogP contribution in [0.15, 0.2) is 37.5 Å². The van der Waals surface area contributed by atoms with E-state index >= 15 is 0 Å². The molecule has 1 saturated carbocycles. The molecule has 0 amide bonds. The Morgan fingerprint density at radius 3 is 2.44 bits per heavy atom. The van der Waals surface area contributed by atoms with Gasteiger partial charge in [-0.3, -0.25) is 0 Å². The molecular formula is C9H12. The first-order chi connectivity index (χ1) is 4.38. The van der Waals surface area contributed by atoms with Crippen molar-refractivity contribution in [3.05, 3.63) is 37.5 Å². The highest BCUT2D eigenvalue weighted by atomic mass is 14.3. The molecule has 0 radical (unpaired) electrons. The van der Waals surface area contributed by atoms with Crippen LogP contribution in [0.3, 0.4) is 0 Å². The van der Waals surface area contributed by atoms with E-state index in [-0.39, 0.29) is 0 Å². The Balaban J connectivity index is 2.26. The molecule has 0 aromatic carbocycles. The SMILES string of the molecule is C=C/C=C\[C@@H]1C[C@@H]1C=C. The van der Waals surface area contributed by atoms with Crippen molar-refractivity contribution in [1.29, 1.82) is 0 Å². The van der Waals surface area contributed by atoms with E-state index in [2.05, 4.69) is 19.2 Å². The second-order valence-electron chi connectivity index (χ2n) is 2.42. The molecule has 0 aliphatic heterocycles. The number of rotatable bonds is 3. The number of hydrogen-bond donors (Lipinski definition) is 0. The molecule has 0 bridgehead atoms. The summed E-state index contributed by atoms with van der Waals surface area (Å²) in [5.74, 6) is 1.52. The average molecular weight is 120 g/mol. The lowest BCUT2D eigenvalue weighted by Gasteiger charge is -1.79. The second kappa shape index (κ2) is 2.67. The summed E-state index contributed by atoms with van der Waals surface area (Å²) < 4.78 is 0. The molecular weight excluding hydrogens is 108 g/mol. The van der Waals surface area contributed by atoms with Crippen LogP contribution in [-0.4, -0.2) is 0 Å². The maximum absolute atomic E-state index is 3.72. The van der Waals surface area contributed by atoms with Crippen LogP contribution >= 0.6 is 0 Å². The van der Waals surface area contributed by atoms with Gasteiger partial charge in [0.15, 0.2) is 0 Å². The Morgan fingerprint density at radius 1 is 1.22 bits per heavy atom. The summed E-state index contributed by atoms with van der Waals surface area (Å²) in [6.45, 7) is 7.32. The molecule has 1 rings (SSSR count). The van der Waals surface area contributed by atoms with E-state index in [9.17, 15) is 0 Å². The molecule has 0 aromatic rings. The smallest absolute Gasteiger partial charge is 0.0161 e. The fourth-order valence-electron chi connectivity index (χ4n) is 0.949. The molecule has 1 aliphatic carbocycles. The number of allylic oxidation sites excluding steroid dienone is 4. The van der Waals surface area contributed by atoms with Gasteiger partial charge in [-0.2, -0.15) is 0 Å². The molecule has 48 valence electrons. The third-order valence-corrected chi connectivity index (χ3v) is 1.69. The summed E-state index contributed by atoms with van der Waals surface area (Å²) in [4.78, 5) is 0. The first kappa shape index (κ1) is 6.34. The van der Waals surface area contributed by atoms with Crippen molar-refractivity contribution in [2.45, 2.75) is 6.42 Å². The zero-order valence-corrected chi connectivity index (χ0v) is 5.59. The van der Waals surface area contributed by atoms with Gasteiger partial charge in [-0.05, 0) is 18.3 Å². The van der Waals surface area contributed by atoms with Crippen molar-refractivity contribution in [3.8, 4) is 0 Å². The van der Waals surface area contributed by atoms with E-state index in [0.717, 1.165) is 11.8 Å². The van der Waals surface area contributed by atoms with Crippen LogP contribution in [0.1, 0.15) is 6.42 Å². The maximum Gasteiger partial charge on any atom is -0.0161 e. The van der Waals surface area contributed by atoms with Crippen LogP contribution in [0.25, 0.3) is 0 Å². The Hall–Kier alpha value is -0.780. The van der Waals surface area contributed by atoms with Crippen LogP contribution in [0.4, 0.5) is 0 Å². The quantitative estimate of drug-likeness (QED) is 0.396. The van der Waals surface area contributed by atoms with Gasteiger partial charge in [0.05, 0.1) is 0 Å². The van der Waals surface area contributed by atoms with Crippen LogP contribution < -0.4 is 0 Å². The van der Waals surface area contributed by atoms with E-state index in [0.29, 0.717) is 0 Å². The van der Waals surface area contributed by atoms with Crippen molar-refractivity contribution in [2.24, 2.45) is 11.8 Å². The van der Waals surface area contributed by atoms with Crippen molar-refractivity contribution in [3.63, 3.8) is 0 Å². The second-order valence-corrected chi connectivity index (χ2v) is 2.42. The standard InChI is InChI=1S/C9H12/c1-3-5-6-9-7-8(9)4-2/h3-6,8-9H,1-2,7H2/b6-5-/t8-,9+/m0/s1. The highest BCUT2D eigenvalue weighted by Crippen LogP contribution is 2.40. The van der Waals surface area contributed by atoms with Gasteiger partial charge in [-0.1, -0.05) is 30.9 Å². The normalized spacial score (nSPS) is 32.4. The van der Waals surface area contributed by atoms with Gasteiger partial charge in [0.2, 0.25) is 0 Å². The van der Waals surface area contributed by atoms with Crippen LogP contribution in [0.5, 0.6) is 0 Å². The van der Waals surface area contributed by atoms with Gasteiger partial charge in [0, 0.05) is 0 Å². The molecule has 0 unspecified atom stereocenters. The molecule has 1 aliphatic rings. The third kappa shape index (κ3) is 1.56. The van der Waals surface area contributed by atoms with E-state index in [1.54, 1.807) is 0 Å². The maximum atomic E-state index is 3.72. The minimum absolute atomic E-state index is 0.751. The summed E-state index contributed by atoms with van der Waals surface area (Å²) in [5, 5.41) is 0. The van der Waals surface area contributed by atoms with Gasteiger partial charge in [-0.25, -0.2) is 0 Å². The predicted molar refractivity (Wildman–Crippen MR) is 41.1 cm³/mol. The summed E-state index contributed by atoms with van der Waals surface area (Å²) in [5.41, 5.74) is 0. The lowest BCUT2D eigenvalue weighted by molar-refractivity contribution is 0.998. The summed E-state index contributed by atoms with van der Waals surface area (Å²) >= 11 is 0. The first-order valence-electron chi connectivity index (χ1n) is 3.30. The van der Waals surface area contributed by atoms with E-state index < -0.39 is 0 Å². The molecule has 9 heavy (non-hydrogen) atoms. The molecule has 0 N–H and O–H groups in total. The lowest BCUT2D eigenvalue weighted by Crippen LogP contribution is -1.68. The largest absolute Gasteiger partial charge is 0.103 e. The third-order valence-electron chi connectivity index (χ3n) is 1.69. The van der Waals surface area contributed by atoms with Crippen LogP contribution in [-0.2, 0) is 0 Å². The van der Waals surface area contributed by atoms with Gasteiger partial charge < -0.3 is 0 Å². The minimum Gasteiger partial charge on any atom is -0.103 e. The van der Waals surface area contributed by atoms with Crippen molar-refractivity contribution in [1.82, 2.24) is 0 Å². The molecule has 0 nitrogen and oxygen atoms in total. The van der Waals surface area contributed by atoms with Gasteiger partial charge in [0.25, 0.3) is 0 Å². The molecule has 1 fully saturated rings. The molecule has 0 aromatic heterocycles. The van der Waals surface area contributed by atoms with Gasteiger partial charge in [-0.15, -0.1) is 6.58 Å². The molecule has 0 saturated heterocycles. The highest BCUT2D eigenvalue weighted by molar-refractivity contribution is 5.11. The van der Waals surface area contributed by atoms with Gasteiger partial charge >= 0.3 is 0 Å². The number of hydrogen-bond acceptors (Lipinski definition) is 0. The van der Waals surface area contributed by atoms with Crippen molar-refractivity contribution in [2.75, 3.05) is 0 Å². The van der Waals surface area contributed by atoms with E-state index in [1.807, 2.05) is 18.2 Å². The first-order valence-corrected chi connectivity index (χ1v) is 3.30. The van der Waals surface area contributed by atoms with Crippen molar-refractivity contribution >= 4 is 0 Å². The Morgan fingerprint density at radius 2 is 2.00 bits per heavy atom. The highest BCUT2D eigenvalue weighted by Gasteiger charge is 2.30. The van der Waals surface area contributed by atoms with Crippen molar-refractivity contribution < 1.29 is 0 Å². The Labute approximate surface area is 56.6 Å². The fraction of sp³-hybridized carbons (Fsp3) is 0.333. The lowest BCUT2D eigenvalue weighted by atomic mass is 10.3. The monoisotopic (exact) mass is 120 g/mol. The summed E-state index contributed by atoms with van der Waals surface area (Å²) in [6, 6.07) is 0. The Kier molecular flexibility index (Phi) is 1.88. The van der Waals surface area contributed by atoms with E-state index in [4.69, 9.17) is 0 Å². The molecule has 0 heterocycles. The van der Waals surface area contributed by atoms with Crippen LogP contribution in [0, 0.1) is 11.8 Å². The molecule has 0 heteroatoms.